The summed E-state index contributed by atoms with van der Waals surface area (Å²) < 4.78 is 45.2. The normalized spacial score (nSPS) is 20.4. The highest BCUT2D eigenvalue weighted by atomic mass is 19.3. The van der Waals surface area contributed by atoms with Crippen molar-refractivity contribution in [2.24, 2.45) is 0 Å². The van der Waals surface area contributed by atoms with E-state index < -0.39 is 42.5 Å². The van der Waals surface area contributed by atoms with E-state index in [0.717, 1.165) is 0 Å². The van der Waals surface area contributed by atoms with Crippen molar-refractivity contribution in [3.63, 3.8) is 0 Å². The van der Waals surface area contributed by atoms with Gasteiger partial charge in [0.25, 0.3) is 0 Å². The van der Waals surface area contributed by atoms with Crippen LogP contribution in [0.15, 0.2) is 30.3 Å². The molecule has 0 N–H and O–H groups in total. The third kappa shape index (κ3) is 4.21. The van der Waals surface area contributed by atoms with Gasteiger partial charge in [-0.05, 0) is 40.2 Å². The molecule has 1 heterocycles. The highest BCUT2D eigenvalue weighted by molar-refractivity contribution is 6.47. The van der Waals surface area contributed by atoms with Gasteiger partial charge in [-0.1, -0.05) is 30.3 Å². The van der Waals surface area contributed by atoms with Crippen molar-refractivity contribution in [1.82, 2.24) is 0 Å². The fourth-order valence-corrected chi connectivity index (χ4v) is 2.72. The molecular formula is C18H25BF2O4. The average Bonchev–Trinajstić information content (AvgIpc) is 2.74. The molecular weight excluding hydrogens is 329 g/mol. The minimum absolute atomic E-state index is 0.0963. The molecule has 0 saturated carbocycles. The molecule has 0 bridgehead atoms. The fraction of sp³-hybridized carbons (Fsp3) is 0.611. The van der Waals surface area contributed by atoms with Crippen LogP contribution in [0.5, 0.6) is 0 Å². The van der Waals surface area contributed by atoms with E-state index in [1.165, 1.54) is 6.92 Å². The van der Waals surface area contributed by atoms with E-state index in [0.29, 0.717) is 5.56 Å². The zero-order valence-corrected chi connectivity index (χ0v) is 15.3. The van der Waals surface area contributed by atoms with Crippen LogP contribution >= 0.6 is 0 Å². The minimum atomic E-state index is -3.62. The van der Waals surface area contributed by atoms with Gasteiger partial charge in [0.05, 0.1) is 17.8 Å². The molecule has 2 rings (SSSR count). The van der Waals surface area contributed by atoms with Gasteiger partial charge >= 0.3 is 19.0 Å². The van der Waals surface area contributed by atoms with Crippen LogP contribution in [0.3, 0.4) is 0 Å². The first-order valence-electron chi connectivity index (χ1n) is 8.46. The molecule has 0 spiro atoms. The average molecular weight is 354 g/mol. The van der Waals surface area contributed by atoms with Crippen molar-refractivity contribution >= 4 is 13.1 Å². The van der Waals surface area contributed by atoms with E-state index in [9.17, 15) is 13.6 Å². The predicted octanol–water partition coefficient (Wildman–Crippen LogP) is 3.99. The number of halogens is 2. The molecule has 1 aliphatic rings. The van der Waals surface area contributed by atoms with Crippen LogP contribution in [-0.2, 0) is 18.8 Å². The number of carbonyl (C=O) groups excluding carboxylic acids is 1. The van der Waals surface area contributed by atoms with E-state index in [1.54, 1.807) is 30.3 Å². The van der Waals surface area contributed by atoms with Crippen LogP contribution in [0.2, 0.25) is 0 Å². The summed E-state index contributed by atoms with van der Waals surface area (Å²) >= 11 is 0. The topological polar surface area (TPSA) is 44.8 Å². The molecule has 1 aromatic carbocycles. The standard InChI is InChI=1S/C18H25BF2O4/c1-6-23-15(22)18(20,21)12-14(13-10-8-7-9-11-13)19-24-16(2,3)17(4,5)25-19/h7-11,14H,6,12H2,1-5H3. The van der Waals surface area contributed by atoms with Crippen LogP contribution in [0.1, 0.15) is 52.4 Å². The SMILES string of the molecule is CCOC(=O)C(F)(F)CC(B1OC(C)(C)C(C)(C)O1)c1ccccc1. The summed E-state index contributed by atoms with van der Waals surface area (Å²) in [5, 5.41) is 0. The molecule has 1 fully saturated rings. The smallest absolute Gasteiger partial charge is 0.462 e. The second kappa shape index (κ2) is 7.04. The number of esters is 1. The molecule has 1 aliphatic heterocycles. The Kier molecular flexibility index (Phi) is 5.59. The molecule has 7 heteroatoms. The van der Waals surface area contributed by atoms with E-state index in [-0.39, 0.29) is 6.61 Å². The molecule has 4 nitrogen and oxygen atoms in total. The van der Waals surface area contributed by atoms with Gasteiger partial charge in [-0.15, -0.1) is 0 Å². The Labute approximate surface area is 148 Å². The Balaban J connectivity index is 2.31. The van der Waals surface area contributed by atoms with Gasteiger partial charge in [-0.2, -0.15) is 8.78 Å². The maximum Gasteiger partial charge on any atom is 0.466 e. The number of hydrogen-bond donors (Lipinski definition) is 0. The molecule has 1 saturated heterocycles. The van der Waals surface area contributed by atoms with Crippen LogP contribution in [0, 0.1) is 0 Å². The molecule has 0 radical (unpaired) electrons. The van der Waals surface area contributed by atoms with E-state index in [4.69, 9.17) is 9.31 Å². The summed E-state index contributed by atoms with van der Waals surface area (Å²) in [5.74, 6) is -5.95. The maximum atomic E-state index is 14.4. The molecule has 138 valence electrons. The predicted molar refractivity (Wildman–Crippen MR) is 91.5 cm³/mol. The second-order valence-electron chi connectivity index (χ2n) is 7.27. The van der Waals surface area contributed by atoms with Gasteiger partial charge < -0.3 is 14.0 Å². The second-order valence-corrected chi connectivity index (χ2v) is 7.27. The lowest BCUT2D eigenvalue weighted by Crippen LogP contribution is -2.41. The van der Waals surface area contributed by atoms with E-state index in [1.807, 2.05) is 27.7 Å². The van der Waals surface area contributed by atoms with Gasteiger partial charge in [-0.3, -0.25) is 0 Å². The first kappa shape index (κ1) is 19.9. The van der Waals surface area contributed by atoms with Gasteiger partial charge in [0.15, 0.2) is 0 Å². The zero-order chi connectivity index (χ0) is 18.9. The molecule has 1 unspecified atom stereocenters. The van der Waals surface area contributed by atoms with E-state index in [2.05, 4.69) is 4.74 Å². The first-order valence-corrected chi connectivity index (χ1v) is 8.46. The largest absolute Gasteiger partial charge is 0.466 e. The number of carbonyl (C=O) groups is 1. The molecule has 1 aromatic rings. The van der Waals surface area contributed by atoms with Crippen LogP contribution in [-0.4, -0.2) is 36.8 Å². The zero-order valence-electron chi connectivity index (χ0n) is 15.3. The summed E-state index contributed by atoms with van der Waals surface area (Å²) in [6.45, 7) is 8.84. The highest BCUT2D eigenvalue weighted by Gasteiger charge is 2.56. The van der Waals surface area contributed by atoms with Crippen LogP contribution < -0.4 is 0 Å². The quantitative estimate of drug-likeness (QED) is 0.572. The molecule has 0 aromatic heterocycles. The molecule has 25 heavy (non-hydrogen) atoms. The summed E-state index contributed by atoms with van der Waals surface area (Å²) in [4.78, 5) is 11.6. The van der Waals surface area contributed by atoms with Crippen LogP contribution in [0.25, 0.3) is 0 Å². The number of hydrogen-bond acceptors (Lipinski definition) is 4. The van der Waals surface area contributed by atoms with Gasteiger partial charge in [0.2, 0.25) is 0 Å². The minimum Gasteiger partial charge on any atom is -0.462 e. The summed E-state index contributed by atoms with van der Waals surface area (Å²) in [6.07, 6.45) is -0.743. The number of benzene rings is 1. The number of ether oxygens (including phenoxy) is 1. The van der Waals surface area contributed by atoms with Crippen molar-refractivity contribution in [2.75, 3.05) is 6.61 Å². The Morgan fingerprint density at radius 2 is 1.68 bits per heavy atom. The Bertz CT molecular complexity index is 588. The third-order valence-electron chi connectivity index (χ3n) is 4.88. The monoisotopic (exact) mass is 354 g/mol. The summed E-state index contributed by atoms with van der Waals surface area (Å²) in [6, 6.07) is 8.79. The van der Waals surface area contributed by atoms with Gasteiger partial charge in [0, 0.05) is 12.2 Å². The van der Waals surface area contributed by atoms with Crippen molar-refractivity contribution in [2.45, 2.75) is 64.0 Å². The fourth-order valence-electron chi connectivity index (χ4n) is 2.72. The van der Waals surface area contributed by atoms with Crippen LogP contribution in [0.4, 0.5) is 8.78 Å². The van der Waals surface area contributed by atoms with Crippen molar-refractivity contribution in [3.05, 3.63) is 35.9 Å². The van der Waals surface area contributed by atoms with E-state index >= 15 is 0 Å². The van der Waals surface area contributed by atoms with Gasteiger partial charge in [0.1, 0.15) is 0 Å². The lowest BCUT2D eigenvalue weighted by atomic mass is 9.65. The maximum absolute atomic E-state index is 14.4. The lowest BCUT2D eigenvalue weighted by molar-refractivity contribution is -0.172. The Morgan fingerprint density at radius 1 is 1.16 bits per heavy atom. The molecule has 1 atom stereocenters. The van der Waals surface area contributed by atoms with Crippen molar-refractivity contribution in [1.29, 1.82) is 0 Å². The number of alkyl halides is 2. The molecule has 0 aliphatic carbocycles. The summed E-state index contributed by atoms with van der Waals surface area (Å²) in [5.41, 5.74) is -0.668. The molecule has 0 amide bonds. The number of rotatable bonds is 6. The van der Waals surface area contributed by atoms with Gasteiger partial charge in [-0.25, -0.2) is 4.79 Å². The summed E-state index contributed by atoms with van der Waals surface area (Å²) in [7, 11) is -0.882. The first-order chi connectivity index (χ1) is 11.5. The third-order valence-corrected chi connectivity index (χ3v) is 4.88. The Morgan fingerprint density at radius 3 is 2.16 bits per heavy atom. The van der Waals surface area contributed by atoms with Crippen molar-refractivity contribution < 1.29 is 27.6 Å². The Hall–Kier alpha value is -1.47. The highest BCUT2D eigenvalue weighted by Crippen LogP contribution is 2.43. The van der Waals surface area contributed by atoms with Crippen molar-refractivity contribution in [3.8, 4) is 0 Å². The lowest BCUT2D eigenvalue weighted by Gasteiger charge is -2.32.